The summed E-state index contributed by atoms with van der Waals surface area (Å²) >= 11 is 3.04. The molecular weight excluding hydrogens is 570 g/mol. The Morgan fingerprint density at radius 2 is 1.64 bits per heavy atom. The summed E-state index contributed by atoms with van der Waals surface area (Å²) in [7, 11) is 0. The molecule has 0 saturated carbocycles. The molecule has 0 bridgehead atoms. The Hall–Kier alpha value is -3.73. The van der Waals surface area contributed by atoms with Crippen molar-refractivity contribution in [3.8, 4) is 0 Å². The quantitative estimate of drug-likeness (QED) is 0.297. The number of carboxylic acids is 1. The van der Waals surface area contributed by atoms with E-state index in [9.17, 15) is 24.3 Å². The highest BCUT2D eigenvalue weighted by Crippen LogP contribution is 2.31. The van der Waals surface area contributed by atoms with Crippen molar-refractivity contribution in [2.45, 2.75) is 57.4 Å². The van der Waals surface area contributed by atoms with Crippen LogP contribution in [0.3, 0.4) is 0 Å². The van der Waals surface area contributed by atoms with Crippen molar-refractivity contribution in [3.63, 3.8) is 0 Å². The minimum absolute atomic E-state index is 0.0117. The summed E-state index contributed by atoms with van der Waals surface area (Å²) in [4.78, 5) is 55.7. The van der Waals surface area contributed by atoms with Gasteiger partial charge in [0.05, 0.1) is 29.5 Å². The first-order valence-electron chi connectivity index (χ1n) is 12.5. The lowest BCUT2D eigenvalue weighted by molar-refractivity contribution is -0.147. The molecular formula is C28H32BrN3O7. The highest BCUT2D eigenvalue weighted by Gasteiger charge is 2.49. The number of carbonyl (C=O) groups is 4. The van der Waals surface area contributed by atoms with Gasteiger partial charge in [0.15, 0.2) is 5.78 Å². The number of nitrogens with one attached hydrogen (secondary N) is 2. The van der Waals surface area contributed by atoms with Crippen molar-refractivity contribution in [3.05, 3.63) is 71.8 Å². The highest BCUT2D eigenvalue weighted by molar-refractivity contribution is 9.09. The zero-order valence-corrected chi connectivity index (χ0v) is 23.3. The van der Waals surface area contributed by atoms with E-state index in [0.29, 0.717) is 5.71 Å². The summed E-state index contributed by atoms with van der Waals surface area (Å²) in [6, 6.07) is 16.5. The van der Waals surface area contributed by atoms with Crippen LogP contribution >= 0.6 is 15.9 Å². The second kappa shape index (κ2) is 13.9. The van der Waals surface area contributed by atoms with Crippen LogP contribution in [0.25, 0.3) is 0 Å². The third-order valence-corrected chi connectivity index (χ3v) is 6.82. The van der Waals surface area contributed by atoms with Crippen LogP contribution in [0.4, 0.5) is 4.79 Å². The van der Waals surface area contributed by atoms with Crippen molar-refractivity contribution in [2.75, 3.05) is 5.33 Å². The van der Waals surface area contributed by atoms with Crippen molar-refractivity contribution in [1.82, 2.24) is 10.6 Å². The molecule has 0 spiro atoms. The first-order valence-corrected chi connectivity index (χ1v) is 13.6. The Morgan fingerprint density at radius 3 is 2.21 bits per heavy atom. The lowest BCUT2D eigenvalue weighted by Crippen LogP contribution is -2.55. The van der Waals surface area contributed by atoms with Crippen LogP contribution in [0, 0.1) is 5.92 Å². The predicted octanol–water partition coefficient (Wildman–Crippen LogP) is 3.62. The number of carboxylic acid groups (broad SMARTS) is 1. The van der Waals surface area contributed by atoms with Gasteiger partial charge in [0.2, 0.25) is 5.60 Å². The van der Waals surface area contributed by atoms with Crippen LogP contribution in [0.15, 0.2) is 65.8 Å². The van der Waals surface area contributed by atoms with Gasteiger partial charge in [-0.15, -0.1) is 0 Å². The van der Waals surface area contributed by atoms with E-state index in [1.807, 2.05) is 74.5 Å². The van der Waals surface area contributed by atoms with Gasteiger partial charge in [-0.1, -0.05) is 95.6 Å². The Balaban J connectivity index is 1.79. The number of carbonyl (C=O) groups excluding carboxylic acids is 3. The standard InChI is InChI=1S/C28H32BrN3O7/c1-18(2)25(31-27(37)38-17-20-11-7-4-8-12-20)22-15-28(39-32-22,14-19-9-5-3-6-10-19)26(36)30-21(13-24(34)35)23(33)16-29/h3-12,18,21,25H,13-17H2,1-2H3,(H,30,36)(H,31,37)(H,34,35)/t21-,25-,28?/m0/s1. The minimum Gasteiger partial charge on any atom is -0.481 e. The van der Waals surface area contributed by atoms with Gasteiger partial charge in [0.1, 0.15) is 6.61 Å². The molecule has 208 valence electrons. The molecule has 0 fully saturated rings. The van der Waals surface area contributed by atoms with Gasteiger partial charge in [-0.2, -0.15) is 0 Å². The molecule has 3 N–H and O–H groups in total. The normalized spacial score (nSPS) is 17.9. The van der Waals surface area contributed by atoms with Crippen LogP contribution in [-0.2, 0) is 37.0 Å². The number of ether oxygens (including phenoxy) is 1. The minimum atomic E-state index is -1.55. The summed E-state index contributed by atoms with van der Waals surface area (Å²) in [5.41, 5.74) is 0.488. The monoisotopic (exact) mass is 601 g/mol. The average molecular weight is 602 g/mol. The lowest BCUT2D eigenvalue weighted by atomic mass is 9.84. The van der Waals surface area contributed by atoms with Crippen LogP contribution in [-0.4, -0.2) is 57.6 Å². The number of alkyl carbamates (subject to hydrolysis) is 1. The van der Waals surface area contributed by atoms with Crippen molar-refractivity contribution in [1.29, 1.82) is 0 Å². The summed E-state index contributed by atoms with van der Waals surface area (Å²) in [6.07, 6.45) is -1.10. The summed E-state index contributed by atoms with van der Waals surface area (Å²) in [5, 5.41) is 18.7. The van der Waals surface area contributed by atoms with Crippen LogP contribution in [0.2, 0.25) is 0 Å². The van der Waals surface area contributed by atoms with Gasteiger partial charge in [-0.25, -0.2) is 4.79 Å². The molecule has 0 saturated heterocycles. The smallest absolute Gasteiger partial charge is 0.408 e. The molecule has 11 heteroatoms. The molecule has 1 aliphatic heterocycles. The van der Waals surface area contributed by atoms with Crippen LogP contribution in [0.5, 0.6) is 0 Å². The molecule has 0 aliphatic carbocycles. The second-order valence-corrected chi connectivity index (χ2v) is 10.2. The van der Waals surface area contributed by atoms with E-state index in [0.717, 1.165) is 11.1 Å². The van der Waals surface area contributed by atoms with E-state index in [2.05, 4.69) is 31.7 Å². The summed E-state index contributed by atoms with van der Waals surface area (Å²) in [6.45, 7) is 3.87. The largest absolute Gasteiger partial charge is 0.481 e. The molecule has 2 aromatic rings. The molecule has 2 amide bonds. The Kier molecular flexibility index (Phi) is 10.6. The fourth-order valence-electron chi connectivity index (χ4n) is 4.22. The molecule has 1 unspecified atom stereocenters. The molecule has 1 aliphatic rings. The highest BCUT2D eigenvalue weighted by atomic mass is 79.9. The van der Waals surface area contributed by atoms with E-state index in [-0.39, 0.29) is 30.7 Å². The number of ketones is 1. The van der Waals surface area contributed by atoms with Crippen molar-refractivity contribution in [2.24, 2.45) is 11.1 Å². The van der Waals surface area contributed by atoms with E-state index in [1.54, 1.807) is 0 Å². The third kappa shape index (κ3) is 8.38. The molecule has 3 rings (SSSR count). The first kappa shape index (κ1) is 29.8. The van der Waals surface area contributed by atoms with E-state index in [1.165, 1.54) is 0 Å². The van der Waals surface area contributed by atoms with E-state index < -0.39 is 47.9 Å². The van der Waals surface area contributed by atoms with Gasteiger partial charge >= 0.3 is 12.1 Å². The van der Waals surface area contributed by atoms with Crippen LogP contribution < -0.4 is 10.6 Å². The Labute approximate surface area is 235 Å². The zero-order valence-electron chi connectivity index (χ0n) is 21.8. The molecule has 1 heterocycles. The SMILES string of the molecule is CC(C)[C@H](NC(=O)OCc1ccccc1)C1=NOC(Cc2ccccc2)(C(=O)N[C@@H](CC(=O)O)C(=O)CBr)C1. The maximum absolute atomic E-state index is 13.6. The fourth-order valence-corrected chi connectivity index (χ4v) is 4.61. The number of rotatable bonds is 13. The Morgan fingerprint density at radius 1 is 1.03 bits per heavy atom. The topological polar surface area (TPSA) is 143 Å². The summed E-state index contributed by atoms with van der Waals surface area (Å²) in [5.74, 6) is -2.50. The molecule has 3 atom stereocenters. The number of nitrogens with zero attached hydrogens (tertiary/aromatic N) is 1. The van der Waals surface area contributed by atoms with Crippen molar-refractivity contribution < 1.29 is 33.9 Å². The van der Waals surface area contributed by atoms with Gasteiger partial charge < -0.3 is 25.3 Å². The van der Waals surface area contributed by atoms with Crippen LogP contribution in [0.1, 0.15) is 37.8 Å². The number of benzene rings is 2. The maximum Gasteiger partial charge on any atom is 0.408 e. The molecule has 0 radical (unpaired) electrons. The van der Waals surface area contributed by atoms with Crippen molar-refractivity contribution >= 4 is 45.4 Å². The van der Waals surface area contributed by atoms with Gasteiger partial charge in [-0.05, 0) is 17.0 Å². The number of halogens is 1. The zero-order chi connectivity index (χ0) is 28.4. The molecule has 2 aromatic carbocycles. The maximum atomic E-state index is 13.6. The number of alkyl halides is 1. The van der Waals surface area contributed by atoms with E-state index in [4.69, 9.17) is 9.57 Å². The number of amides is 2. The average Bonchev–Trinajstić information content (AvgIpc) is 3.35. The van der Waals surface area contributed by atoms with E-state index >= 15 is 0 Å². The molecule has 39 heavy (non-hydrogen) atoms. The third-order valence-electron chi connectivity index (χ3n) is 6.27. The summed E-state index contributed by atoms with van der Waals surface area (Å²) < 4.78 is 5.37. The number of aliphatic carboxylic acids is 1. The number of Topliss-reactive ketones (excluding diaryl/α,β-unsaturated/α-hetero) is 1. The van der Waals surface area contributed by atoms with Gasteiger partial charge in [0, 0.05) is 12.8 Å². The lowest BCUT2D eigenvalue weighted by Gasteiger charge is -2.28. The fraction of sp³-hybridized carbons (Fsp3) is 0.393. The Bertz CT molecular complexity index is 1190. The second-order valence-electron chi connectivity index (χ2n) is 9.66. The molecule has 0 aromatic heterocycles. The predicted molar refractivity (Wildman–Crippen MR) is 147 cm³/mol. The first-order chi connectivity index (χ1) is 18.6. The number of hydrogen-bond acceptors (Lipinski definition) is 7. The number of oxime groups is 1. The van der Waals surface area contributed by atoms with Gasteiger partial charge in [0.25, 0.3) is 5.91 Å². The van der Waals surface area contributed by atoms with Gasteiger partial charge in [-0.3, -0.25) is 14.4 Å². The molecule has 10 nitrogen and oxygen atoms in total. The number of hydrogen-bond donors (Lipinski definition) is 3.